The highest BCUT2D eigenvalue weighted by molar-refractivity contribution is 7.18. The van der Waals surface area contributed by atoms with Gasteiger partial charge in [0.1, 0.15) is 5.82 Å². The van der Waals surface area contributed by atoms with Crippen LogP contribution < -0.4 is 0 Å². The van der Waals surface area contributed by atoms with E-state index in [1.807, 2.05) is 13.3 Å². The number of halogens is 1. The first-order chi connectivity index (χ1) is 5.79. The van der Waals surface area contributed by atoms with Crippen molar-refractivity contribution in [1.82, 2.24) is 4.98 Å². The minimum absolute atomic E-state index is 0.226. The van der Waals surface area contributed by atoms with Crippen molar-refractivity contribution in [3.05, 3.63) is 35.4 Å². The summed E-state index contributed by atoms with van der Waals surface area (Å²) in [5.41, 5.74) is 0.744. The van der Waals surface area contributed by atoms with Crippen molar-refractivity contribution in [2.75, 3.05) is 0 Å². The standard InChI is InChI=1S/C9H7FNS/c1-2-9-11-7-5-6(10)3-4-8(7)12-9/h2-5H,1H3. The minimum Gasteiger partial charge on any atom is -0.241 e. The highest BCUT2D eigenvalue weighted by Gasteiger charge is 2.02. The Morgan fingerprint density at radius 2 is 2.33 bits per heavy atom. The lowest BCUT2D eigenvalue weighted by atomic mass is 10.3. The fraction of sp³-hybridized carbons (Fsp3) is 0.111. The van der Waals surface area contributed by atoms with Crippen LogP contribution in [0.3, 0.4) is 0 Å². The third kappa shape index (κ3) is 1.20. The van der Waals surface area contributed by atoms with Gasteiger partial charge in [0.25, 0.3) is 0 Å². The molecule has 61 valence electrons. The van der Waals surface area contributed by atoms with Gasteiger partial charge in [-0.1, -0.05) is 6.92 Å². The molecule has 0 fully saturated rings. The van der Waals surface area contributed by atoms with Crippen LogP contribution in [0.4, 0.5) is 4.39 Å². The maximum Gasteiger partial charge on any atom is 0.125 e. The van der Waals surface area contributed by atoms with Crippen molar-refractivity contribution in [2.45, 2.75) is 6.92 Å². The number of thiazole rings is 1. The summed E-state index contributed by atoms with van der Waals surface area (Å²) >= 11 is 1.57. The molecule has 0 N–H and O–H groups in total. The first-order valence-corrected chi connectivity index (χ1v) is 4.46. The highest BCUT2D eigenvalue weighted by atomic mass is 32.1. The third-order valence-electron chi connectivity index (χ3n) is 1.61. The van der Waals surface area contributed by atoms with E-state index >= 15 is 0 Å². The van der Waals surface area contributed by atoms with E-state index in [-0.39, 0.29) is 5.82 Å². The van der Waals surface area contributed by atoms with Gasteiger partial charge in [0.2, 0.25) is 0 Å². The van der Waals surface area contributed by atoms with E-state index in [0.717, 1.165) is 15.2 Å². The van der Waals surface area contributed by atoms with Crippen molar-refractivity contribution in [3.63, 3.8) is 0 Å². The summed E-state index contributed by atoms with van der Waals surface area (Å²) in [4.78, 5) is 4.22. The Labute approximate surface area is 73.9 Å². The predicted molar refractivity (Wildman–Crippen MR) is 48.7 cm³/mol. The number of aromatic nitrogens is 1. The smallest absolute Gasteiger partial charge is 0.125 e. The zero-order valence-electron chi connectivity index (χ0n) is 6.54. The molecule has 0 spiro atoms. The molecule has 1 nitrogen and oxygen atoms in total. The predicted octanol–water partition coefficient (Wildman–Crippen LogP) is 3.01. The Kier molecular flexibility index (Phi) is 1.81. The van der Waals surface area contributed by atoms with Crippen LogP contribution in [0.2, 0.25) is 0 Å². The molecule has 2 aromatic rings. The summed E-state index contributed by atoms with van der Waals surface area (Å²) in [5.74, 6) is -0.226. The van der Waals surface area contributed by atoms with Crippen LogP contribution in [0.1, 0.15) is 11.9 Å². The SMILES string of the molecule is C[CH]c1nc2cc(F)ccc2s1. The van der Waals surface area contributed by atoms with Crippen molar-refractivity contribution in [3.8, 4) is 0 Å². The molecule has 0 aliphatic rings. The van der Waals surface area contributed by atoms with Gasteiger partial charge in [-0.15, -0.1) is 11.3 Å². The van der Waals surface area contributed by atoms with Gasteiger partial charge in [0, 0.05) is 12.5 Å². The number of hydrogen-bond acceptors (Lipinski definition) is 2. The number of rotatable bonds is 1. The van der Waals surface area contributed by atoms with E-state index in [1.165, 1.54) is 12.1 Å². The Morgan fingerprint density at radius 1 is 1.50 bits per heavy atom. The van der Waals surface area contributed by atoms with Crippen LogP contribution in [0, 0.1) is 12.2 Å². The number of nitrogens with zero attached hydrogens (tertiary/aromatic N) is 1. The van der Waals surface area contributed by atoms with Crippen LogP contribution in [-0.4, -0.2) is 4.98 Å². The molecule has 0 amide bonds. The molecule has 0 bridgehead atoms. The second-order valence-electron chi connectivity index (χ2n) is 2.45. The molecule has 0 atom stereocenters. The number of benzene rings is 1. The maximum absolute atomic E-state index is 12.7. The zero-order chi connectivity index (χ0) is 8.55. The molecule has 1 aromatic heterocycles. The Balaban J connectivity index is 2.67. The summed E-state index contributed by atoms with van der Waals surface area (Å²) in [6.07, 6.45) is 1.92. The van der Waals surface area contributed by atoms with E-state index in [9.17, 15) is 4.39 Å². The van der Waals surface area contributed by atoms with Crippen LogP contribution >= 0.6 is 11.3 Å². The molecule has 0 aliphatic carbocycles. The normalized spacial score (nSPS) is 10.8. The van der Waals surface area contributed by atoms with Gasteiger partial charge < -0.3 is 0 Å². The second-order valence-corrected chi connectivity index (χ2v) is 3.52. The van der Waals surface area contributed by atoms with E-state index in [1.54, 1.807) is 17.4 Å². The Hall–Kier alpha value is -0.960. The largest absolute Gasteiger partial charge is 0.241 e. The lowest BCUT2D eigenvalue weighted by Gasteiger charge is -1.85. The third-order valence-corrected chi connectivity index (χ3v) is 2.71. The van der Waals surface area contributed by atoms with Crippen molar-refractivity contribution in [1.29, 1.82) is 0 Å². The Bertz CT molecular complexity index is 408. The van der Waals surface area contributed by atoms with Gasteiger partial charge in [-0.05, 0) is 12.1 Å². The lowest BCUT2D eigenvalue weighted by molar-refractivity contribution is 0.629. The van der Waals surface area contributed by atoms with Gasteiger partial charge >= 0.3 is 0 Å². The second kappa shape index (κ2) is 2.83. The maximum atomic E-state index is 12.7. The molecule has 0 unspecified atom stereocenters. The monoisotopic (exact) mass is 180 g/mol. The summed E-state index contributed by atoms with van der Waals surface area (Å²) in [7, 11) is 0. The van der Waals surface area contributed by atoms with Crippen molar-refractivity contribution in [2.24, 2.45) is 0 Å². The van der Waals surface area contributed by atoms with Gasteiger partial charge in [-0.25, -0.2) is 9.37 Å². The van der Waals surface area contributed by atoms with Crippen molar-refractivity contribution < 1.29 is 4.39 Å². The van der Waals surface area contributed by atoms with Crippen LogP contribution in [-0.2, 0) is 0 Å². The summed E-state index contributed by atoms with van der Waals surface area (Å²) < 4.78 is 13.7. The molecule has 1 heterocycles. The van der Waals surface area contributed by atoms with Gasteiger partial charge in [0.15, 0.2) is 0 Å². The molecule has 0 aliphatic heterocycles. The molecule has 2 rings (SSSR count). The molecule has 3 heteroatoms. The Morgan fingerprint density at radius 3 is 3.08 bits per heavy atom. The van der Waals surface area contributed by atoms with Crippen LogP contribution in [0.5, 0.6) is 0 Å². The zero-order valence-corrected chi connectivity index (χ0v) is 7.36. The average molecular weight is 180 g/mol. The summed E-state index contributed by atoms with van der Waals surface area (Å²) in [6, 6.07) is 4.67. The lowest BCUT2D eigenvalue weighted by Crippen LogP contribution is -1.74. The molecular formula is C9H7FNS. The molecule has 0 saturated carbocycles. The van der Waals surface area contributed by atoms with Gasteiger partial charge in [-0.3, -0.25) is 0 Å². The number of hydrogen-bond donors (Lipinski definition) is 0. The summed E-state index contributed by atoms with van der Waals surface area (Å²) in [6.45, 7) is 1.92. The number of fused-ring (bicyclic) bond motifs is 1. The molecule has 1 radical (unpaired) electrons. The first-order valence-electron chi connectivity index (χ1n) is 3.65. The quantitative estimate of drug-likeness (QED) is 0.657. The van der Waals surface area contributed by atoms with Crippen molar-refractivity contribution >= 4 is 21.6 Å². The van der Waals surface area contributed by atoms with E-state index in [2.05, 4.69) is 4.98 Å². The fourth-order valence-corrected chi connectivity index (χ4v) is 1.87. The summed E-state index contributed by atoms with van der Waals surface area (Å²) in [5, 5.41) is 0.940. The van der Waals surface area contributed by atoms with E-state index in [4.69, 9.17) is 0 Å². The van der Waals surface area contributed by atoms with E-state index in [0.29, 0.717) is 0 Å². The highest BCUT2D eigenvalue weighted by Crippen LogP contribution is 2.23. The fourth-order valence-electron chi connectivity index (χ4n) is 1.04. The minimum atomic E-state index is -0.226. The van der Waals surface area contributed by atoms with Crippen LogP contribution in [0.15, 0.2) is 18.2 Å². The van der Waals surface area contributed by atoms with Crippen LogP contribution in [0.25, 0.3) is 10.2 Å². The topological polar surface area (TPSA) is 12.9 Å². The molecular weight excluding hydrogens is 173 g/mol. The molecule has 12 heavy (non-hydrogen) atoms. The van der Waals surface area contributed by atoms with Gasteiger partial charge in [-0.2, -0.15) is 0 Å². The first kappa shape index (κ1) is 7.68. The molecule has 0 saturated heterocycles. The van der Waals surface area contributed by atoms with Gasteiger partial charge in [0.05, 0.1) is 15.2 Å². The average Bonchev–Trinajstić information content (AvgIpc) is 2.46. The van der Waals surface area contributed by atoms with E-state index < -0.39 is 0 Å². The molecule has 1 aromatic carbocycles.